The van der Waals surface area contributed by atoms with Crippen molar-refractivity contribution in [2.75, 3.05) is 0 Å². The number of hydrogen-bond acceptors (Lipinski definition) is 0. The maximum Gasteiger partial charge on any atom is -0.0230 e. The van der Waals surface area contributed by atoms with Crippen molar-refractivity contribution < 1.29 is 0 Å². The lowest BCUT2D eigenvalue weighted by molar-refractivity contribution is 0.536. The SMILES string of the molecule is CCCCCCCCCCCCCCCCC=C/[C]=C/CCCCCCCCCCCCCCCC. The first kappa shape index (κ1) is 35.5. The Bertz CT molecular complexity index is 378. The molecule has 0 unspecified atom stereocenters. The lowest BCUT2D eigenvalue weighted by atomic mass is 10.0. The highest BCUT2D eigenvalue weighted by atomic mass is 14.0. The van der Waals surface area contributed by atoms with Crippen LogP contribution in [0.2, 0.25) is 0 Å². The summed E-state index contributed by atoms with van der Waals surface area (Å²) in [5.41, 5.74) is 0. The Morgan fingerprint density at radius 3 is 0.944 bits per heavy atom. The van der Waals surface area contributed by atoms with Crippen LogP contribution in [0.5, 0.6) is 0 Å². The standard InChI is InChI=1S/C36H69/c1-3-5-7-9-11-13-15-17-19-21-23-25-27-29-31-33-35-36-34-32-30-28-26-24-22-20-18-16-14-12-10-8-6-4-2/h33-35H,3-32H2,1-2H3. The van der Waals surface area contributed by atoms with Gasteiger partial charge in [0.2, 0.25) is 0 Å². The van der Waals surface area contributed by atoms with Gasteiger partial charge in [0.1, 0.15) is 0 Å². The second-order valence-electron chi connectivity index (χ2n) is 11.5. The van der Waals surface area contributed by atoms with Crippen LogP contribution in [0.25, 0.3) is 0 Å². The van der Waals surface area contributed by atoms with Gasteiger partial charge >= 0.3 is 0 Å². The fourth-order valence-corrected chi connectivity index (χ4v) is 5.20. The van der Waals surface area contributed by atoms with Crippen molar-refractivity contribution in [1.29, 1.82) is 0 Å². The summed E-state index contributed by atoms with van der Waals surface area (Å²) < 4.78 is 0. The molecule has 0 spiro atoms. The van der Waals surface area contributed by atoms with Gasteiger partial charge in [-0.05, 0) is 31.8 Å². The summed E-state index contributed by atoms with van der Waals surface area (Å²) in [5.74, 6) is 0. The largest absolute Gasteiger partial charge is 0.0839 e. The van der Waals surface area contributed by atoms with E-state index >= 15 is 0 Å². The molecule has 0 aliphatic heterocycles. The second kappa shape index (κ2) is 34.5. The van der Waals surface area contributed by atoms with E-state index in [2.05, 4.69) is 38.2 Å². The van der Waals surface area contributed by atoms with E-state index in [0.717, 1.165) is 0 Å². The van der Waals surface area contributed by atoms with Crippen LogP contribution in [0.4, 0.5) is 0 Å². The van der Waals surface area contributed by atoms with Crippen LogP contribution in [0, 0.1) is 6.08 Å². The van der Waals surface area contributed by atoms with Gasteiger partial charge in [-0.15, -0.1) is 0 Å². The molecule has 0 aromatic heterocycles. The van der Waals surface area contributed by atoms with Crippen LogP contribution in [-0.2, 0) is 0 Å². The summed E-state index contributed by atoms with van der Waals surface area (Å²) in [6.45, 7) is 4.60. The minimum atomic E-state index is 1.21. The van der Waals surface area contributed by atoms with Gasteiger partial charge in [0, 0.05) is 0 Å². The zero-order chi connectivity index (χ0) is 26.0. The van der Waals surface area contributed by atoms with Crippen molar-refractivity contribution in [2.45, 2.75) is 206 Å². The quantitative estimate of drug-likeness (QED) is 0.0654. The van der Waals surface area contributed by atoms with Crippen molar-refractivity contribution in [3.05, 3.63) is 24.3 Å². The highest BCUT2D eigenvalue weighted by molar-refractivity contribution is 4.94. The molecule has 36 heavy (non-hydrogen) atoms. The third-order valence-corrected chi connectivity index (χ3v) is 7.76. The summed E-state index contributed by atoms with van der Waals surface area (Å²) >= 11 is 0. The molecule has 0 bridgehead atoms. The molecular formula is C36H69. The van der Waals surface area contributed by atoms with E-state index in [1.807, 2.05) is 0 Å². The van der Waals surface area contributed by atoms with Crippen LogP contribution in [0.15, 0.2) is 18.2 Å². The monoisotopic (exact) mass is 502 g/mol. The van der Waals surface area contributed by atoms with Crippen LogP contribution in [-0.4, -0.2) is 0 Å². The topological polar surface area (TPSA) is 0 Å². The fraction of sp³-hybridized carbons (Fsp3) is 0.889. The van der Waals surface area contributed by atoms with Gasteiger partial charge in [-0.1, -0.05) is 199 Å². The molecule has 0 amide bonds. The van der Waals surface area contributed by atoms with Crippen LogP contribution < -0.4 is 0 Å². The fourth-order valence-electron chi connectivity index (χ4n) is 5.20. The van der Waals surface area contributed by atoms with E-state index in [-0.39, 0.29) is 0 Å². The summed E-state index contributed by atoms with van der Waals surface area (Å²) in [6, 6.07) is 0. The van der Waals surface area contributed by atoms with E-state index in [1.54, 1.807) is 0 Å². The Balaban J connectivity index is 3.14. The van der Waals surface area contributed by atoms with Gasteiger partial charge in [0.05, 0.1) is 0 Å². The second-order valence-corrected chi connectivity index (χ2v) is 11.5. The predicted molar refractivity (Wildman–Crippen MR) is 167 cm³/mol. The summed E-state index contributed by atoms with van der Waals surface area (Å²) in [4.78, 5) is 0. The first-order valence-corrected chi connectivity index (χ1v) is 17.1. The van der Waals surface area contributed by atoms with Crippen molar-refractivity contribution in [2.24, 2.45) is 0 Å². The third-order valence-electron chi connectivity index (χ3n) is 7.76. The molecule has 0 aromatic rings. The van der Waals surface area contributed by atoms with E-state index in [1.165, 1.54) is 193 Å². The number of unbranched alkanes of at least 4 members (excludes halogenated alkanes) is 28. The highest BCUT2D eigenvalue weighted by Crippen LogP contribution is 2.15. The molecule has 0 saturated carbocycles. The van der Waals surface area contributed by atoms with Gasteiger partial charge in [-0.3, -0.25) is 0 Å². The Labute approximate surface area is 230 Å². The van der Waals surface area contributed by atoms with Gasteiger partial charge in [-0.2, -0.15) is 0 Å². The molecule has 0 saturated heterocycles. The average molecular weight is 502 g/mol. The van der Waals surface area contributed by atoms with Gasteiger partial charge in [0.25, 0.3) is 0 Å². The maximum atomic E-state index is 3.38. The van der Waals surface area contributed by atoms with Gasteiger partial charge in [0.15, 0.2) is 0 Å². The average Bonchev–Trinajstić information content (AvgIpc) is 2.89. The highest BCUT2D eigenvalue weighted by Gasteiger charge is 1.95. The van der Waals surface area contributed by atoms with E-state index in [9.17, 15) is 0 Å². The Hall–Kier alpha value is -0.520. The summed E-state index contributed by atoms with van der Waals surface area (Å²) in [6.07, 6.45) is 52.9. The Kier molecular flexibility index (Phi) is 34.0. The molecule has 0 rings (SSSR count). The molecule has 0 aromatic carbocycles. The van der Waals surface area contributed by atoms with Crippen LogP contribution in [0.1, 0.15) is 206 Å². The van der Waals surface area contributed by atoms with Crippen molar-refractivity contribution in [1.82, 2.24) is 0 Å². The predicted octanol–water partition coefficient (Wildman–Crippen LogP) is 13.6. The molecule has 0 nitrogen and oxygen atoms in total. The molecule has 0 atom stereocenters. The zero-order valence-corrected chi connectivity index (χ0v) is 25.4. The molecule has 0 aliphatic carbocycles. The van der Waals surface area contributed by atoms with Crippen LogP contribution in [0.3, 0.4) is 0 Å². The lowest BCUT2D eigenvalue weighted by Gasteiger charge is -2.02. The van der Waals surface area contributed by atoms with Crippen molar-refractivity contribution >= 4 is 0 Å². The smallest absolute Gasteiger partial charge is 0.0230 e. The lowest BCUT2D eigenvalue weighted by Crippen LogP contribution is -1.83. The van der Waals surface area contributed by atoms with Gasteiger partial charge < -0.3 is 0 Å². The first-order valence-electron chi connectivity index (χ1n) is 17.1. The van der Waals surface area contributed by atoms with E-state index in [0.29, 0.717) is 0 Å². The summed E-state index contributed by atoms with van der Waals surface area (Å²) in [7, 11) is 0. The molecule has 0 heterocycles. The molecule has 0 N–H and O–H groups in total. The van der Waals surface area contributed by atoms with Crippen LogP contribution >= 0.6 is 0 Å². The number of hydrogen-bond donors (Lipinski definition) is 0. The Morgan fingerprint density at radius 2 is 0.611 bits per heavy atom. The first-order chi connectivity index (χ1) is 17.9. The molecule has 0 fully saturated rings. The van der Waals surface area contributed by atoms with E-state index < -0.39 is 0 Å². The van der Waals surface area contributed by atoms with Crippen molar-refractivity contribution in [3.8, 4) is 0 Å². The molecule has 0 aliphatic rings. The Morgan fingerprint density at radius 1 is 0.333 bits per heavy atom. The normalized spacial score (nSPS) is 11.9. The minimum Gasteiger partial charge on any atom is -0.0839 e. The van der Waals surface area contributed by atoms with Crippen molar-refractivity contribution in [3.63, 3.8) is 0 Å². The van der Waals surface area contributed by atoms with Gasteiger partial charge in [-0.25, -0.2) is 0 Å². The third kappa shape index (κ3) is 33.5. The van der Waals surface area contributed by atoms with E-state index in [4.69, 9.17) is 0 Å². The molecule has 0 heteroatoms. The molecule has 213 valence electrons. The minimum absolute atomic E-state index is 1.21. The molecular weight excluding hydrogens is 432 g/mol. The zero-order valence-electron chi connectivity index (χ0n) is 25.4. The number of allylic oxidation sites excluding steroid dienone is 4. The summed E-state index contributed by atoms with van der Waals surface area (Å²) in [5, 5.41) is 0. The maximum absolute atomic E-state index is 3.38. The molecule has 1 radical (unpaired) electrons. The number of rotatable bonds is 31.